The third-order valence-corrected chi connectivity index (χ3v) is 6.48. The number of carbonyl (C=O) groups is 2. The Hall–Kier alpha value is -3.07. The molecule has 0 spiro atoms. The van der Waals surface area contributed by atoms with Crippen LogP contribution < -0.4 is 9.47 Å². The topological polar surface area (TPSA) is 92.7 Å². The third-order valence-electron chi connectivity index (χ3n) is 5.39. The molecule has 0 N–H and O–H groups in total. The van der Waals surface area contributed by atoms with E-state index in [1.165, 1.54) is 13.8 Å². The van der Waals surface area contributed by atoms with Crippen LogP contribution in [0.4, 0.5) is 0 Å². The van der Waals surface area contributed by atoms with E-state index in [0.29, 0.717) is 17.2 Å². The number of hydrogen-bond donors (Lipinski definition) is 0. The zero-order valence-corrected chi connectivity index (χ0v) is 19.5. The zero-order chi connectivity index (χ0) is 23.1. The monoisotopic (exact) mass is 503 g/mol. The van der Waals surface area contributed by atoms with Crippen molar-refractivity contribution in [1.82, 2.24) is 0 Å². The number of cyclic esters (lactones) is 2. The summed E-state index contributed by atoms with van der Waals surface area (Å²) in [6.07, 6.45) is -1.05. The Morgan fingerprint density at radius 1 is 0.875 bits per heavy atom. The molecule has 4 rings (SSSR count). The molecular weight excluding hydrogens is 482 g/mol. The maximum Gasteiger partial charge on any atom is 0.341 e. The van der Waals surface area contributed by atoms with Gasteiger partial charge in [0.15, 0.2) is 6.10 Å². The first-order valence-electron chi connectivity index (χ1n) is 9.87. The quantitative estimate of drug-likeness (QED) is 0.349. The molecule has 1 saturated heterocycles. The summed E-state index contributed by atoms with van der Waals surface area (Å²) in [6, 6.07) is 14.5. The first-order valence-corrected chi connectivity index (χ1v) is 10.7. The number of esters is 2. The molecule has 2 aliphatic heterocycles. The lowest BCUT2D eigenvalue weighted by atomic mass is 9.80. The average Bonchev–Trinajstić information content (AvgIpc) is 3.22. The third kappa shape index (κ3) is 3.70. The Morgan fingerprint density at radius 2 is 1.38 bits per heavy atom. The second kappa shape index (κ2) is 8.12. The first-order chi connectivity index (χ1) is 15.2. The summed E-state index contributed by atoms with van der Waals surface area (Å²) in [5, 5.41) is 4.27. The van der Waals surface area contributed by atoms with Crippen LogP contribution in [0.3, 0.4) is 0 Å². The van der Waals surface area contributed by atoms with Gasteiger partial charge >= 0.3 is 11.9 Å². The fourth-order valence-corrected chi connectivity index (χ4v) is 4.26. The minimum atomic E-state index is -1.90. The number of rotatable bonds is 5. The fourth-order valence-electron chi connectivity index (χ4n) is 3.75. The molecule has 9 heteroatoms. The largest absolute Gasteiger partial charge is 0.497 e. The summed E-state index contributed by atoms with van der Waals surface area (Å²) >= 11 is 3.30. The van der Waals surface area contributed by atoms with Crippen molar-refractivity contribution in [2.75, 3.05) is 14.2 Å². The molecule has 32 heavy (non-hydrogen) atoms. The van der Waals surface area contributed by atoms with Gasteiger partial charge in [0.1, 0.15) is 11.5 Å². The van der Waals surface area contributed by atoms with E-state index < -0.39 is 34.1 Å². The molecule has 0 amide bonds. The molecule has 0 aliphatic carbocycles. The molecule has 2 aromatic carbocycles. The van der Waals surface area contributed by atoms with Crippen molar-refractivity contribution in [3.63, 3.8) is 0 Å². The predicted molar refractivity (Wildman–Crippen MR) is 118 cm³/mol. The van der Waals surface area contributed by atoms with Crippen LogP contribution in [-0.2, 0) is 23.9 Å². The maximum absolute atomic E-state index is 13.0. The lowest BCUT2D eigenvalue weighted by Crippen LogP contribution is -2.62. The Labute approximate surface area is 193 Å². The van der Waals surface area contributed by atoms with E-state index in [2.05, 4.69) is 21.1 Å². The summed E-state index contributed by atoms with van der Waals surface area (Å²) in [7, 11) is 3.15. The van der Waals surface area contributed by atoms with Gasteiger partial charge in [0.25, 0.3) is 10.1 Å². The van der Waals surface area contributed by atoms with E-state index in [-0.39, 0.29) is 0 Å². The number of carbonyl (C=O) groups excluding carboxylic acids is 2. The van der Waals surface area contributed by atoms with Gasteiger partial charge in [-0.3, -0.25) is 0 Å². The highest BCUT2D eigenvalue weighted by atomic mass is 79.9. The van der Waals surface area contributed by atoms with Gasteiger partial charge in [-0.1, -0.05) is 33.2 Å². The highest BCUT2D eigenvalue weighted by Gasteiger charge is 2.65. The number of ether oxygens (including phenoxy) is 4. The second-order valence-electron chi connectivity index (χ2n) is 7.87. The van der Waals surface area contributed by atoms with Crippen LogP contribution in [0.15, 0.2) is 53.7 Å². The van der Waals surface area contributed by atoms with Crippen molar-refractivity contribution in [2.45, 2.75) is 36.0 Å². The van der Waals surface area contributed by atoms with Gasteiger partial charge in [0, 0.05) is 19.4 Å². The molecule has 168 valence electrons. The highest BCUT2D eigenvalue weighted by Crippen LogP contribution is 2.46. The molecule has 2 atom stereocenters. The van der Waals surface area contributed by atoms with E-state index >= 15 is 0 Å². The summed E-state index contributed by atoms with van der Waals surface area (Å²) in [4.78, 5) is 31.7. The van der Waals surface area contributed by atoms with E-state index in [9.17, 15) is 9.59 Å². The minimum Gasteiger partial charge on any atom is -0.497 e. The van der Waals surface area contributed by atoms with Crippen LogP contribution >= 0.6 is 15.9 Å². The summed E-state index contributed by atoms with van der Waals surface area (Å²) in [6.45, 7) is 2.98. The van der Waals surface area contributed by atoms with Crippen molar-refractivity contribution in [3.05, 3.63) is 59.7 Å². The molecule has 0 saturated carbocycles. The summed E-state index contributed by atoms with van der Waals surface area (Å²) < 4.78 is 19.3. The molecule has 0 aromatic heterocycles. The van der Waals surface area contributed by atoms with Gasteiger partial charge in [0.05, 0.1) is 25.8 Å². The van der Waals surface area contributed by atoms with Gasteiger partial charge < -0.3 is 23.8 Å². The minimum absolute atomic E-state index is 0.548. The molecule has 2 heterocycles. The lowest BCUT2D eigenvalue weighted by molar-refractivity contribution is -0.240. The average molecular weight is 504 g/mol. The van der Waals surface area contributed by atoms with Crippen LogP contribution in [0.5, 0.6) is 11.5 Å². The Morgan fingerprint density at radius 3 is 1.88 bits per heavy atom. The Kier molecular flexibility index (Phi) is 5.62. The normalized spacial score (nSPS) is 23.5. The molecule has 2 unspecified atom stereocenters. The molecule has 2 aliphatic rings. The number of halogens is 1. The van der Waals surface area contributed by atoms with Crippen molar-refractivity contribution in [1.29, 1.82) is 0 Å². The van der Waals surface area contributed by atoms with Gasteiger partial charge in [-0.15, -0.1) is 0 Å². The van der Waals surface area contributed by atoms with Crippen molar-refractivity contribution < 1.29 is 33.4 Å². The molecule has 8 nitrogen and oxygen atoms in total. The van der Waals surface area contributed by atoms with Crippen molar-refractivity contribution >= 4 is 33.6 Å². The molecule has 2 aromatic rings. The number of methoxy groups -OCH3 is 2. The standard InChI is InChI=1S/C23H22BrNO7/c1-22(2)30-20(26)23(24,21(27)31-22)19-17(13-5-9-15(28-3)10-6-13)18(25-32-19)14-7-11-16(29-4)12-8-14/h5-12,17,19H,1-4H3. The van der Waals surface area contributed by atoms with E-state index in [4.69, 9.17) is 23.8 Å². The number of oxime groups is 1. The first kappa shape index (κ1) is 22.1. The Bertz CT molecular complexity index is 1040. The lowest BCUT2D eigenvalue weighted by Gasteiger charge is -2.40. The van der Waals surface area contributed by atoms with E-state index in [0.717, 1.165) is 11.1 Å². The number of hydrogen-bond acceptors (Lipinski definition) is 8. The van der Waals surface area contributed by atoms with E-state index in [1.54, 1.807) is 38.5 Å². The number of alkyl halides is 1. The maximum atomic E-state index is 13.0. The zero-order valence-electron chi connectivity index (χ0n) is 18.0. The summed E-state index contributed by atoms with van der Waals surface area (Å²) in [5.41, 5.74) is 2.07. The predicted octanol–water partition coefficient (Wildman–Crippen LogP) is 3.56. The van der Waals surface area contributed by atoms with Crippen LogP contribution in [0.25, 0.3) is 0 Å². The van der Waals surface area contributed by atoms with Crippen LogP contribution in [0.2, 0.25) is 0 Å². The van der Waals surface area contributed by atoms with Gasteiger partial charge in [0.2, 0.25) is 0 Å². The van der Waals surface area contributed by atoms with E-state index in [1.807, 2.05) is 24.3 Å². The van der Waals surface area contributed by atoms with Crippen LogP contribution in [0, 0.1) is 0 Å². The molecule has 1 fully saturated rings. The van der Waals surface area contributed by atoms with Crippen LogP contribution in [-0.4, -0.2) is 48.1 Å². The number of benzene rings is 2. The smallest absolute Gasteiger partial charge is 0.341 e. The SMILES string of the molecule is COc1ccc(C2=NOC(C3(Br)C(=O)OC(C)(C)OC3=O)C2c2ccc(OC)cc2)cc1. The van der Waals surface area contributed by atoms with Crippen molar-refractivity contribution in [3.8, 4) is 11.5 Å². The highest BCUT2D eigenvalue weighted by molar-refractivity contribution is 9.10. The molecule has 0 bridgehead atoms. The second-order valence-corrected chi connectivity index (χ2v) is 9.12. The number of nitrogens with zero attached hydrogens (tertiary/aromatic N) is 1. The molecular formula is C23H22BrNO7. The van der Waals surface area contributed by atoms with Crippen LogP contribution in [0.1, 0.15) is 30.9 Å². The van der Waals surface area contributed by atoms with Gasteiger partial charge in [-0.2, -0.15) is 0 Å². The summed E-state index contributed by atoms with van der Waals surface area (Å²) in [5.74, 6) is -2.21. The molecule has 0 radical (unpaired) electrons. The van der Waals surface area contributed by atoms with Crippen molar-refractivity contribution in [2.24, 2.45) is 5.16 Å². The van der Waals surface area contributed by atoms with Gasteiger partial charge in [-0.25, -0.2) is 9.59 Å². The van der Waals surface area contributed by atoms with Gasteiger partial charge in [-0.05, 0) is 42.0 Å². The Balaban J connectivity index is 1.78. The fraction of sp³-hybridized carbons (Fsp3) is 0.348.